The molecule has 1 aromatic heterocycles. The fourth-order valence-electron chi connectivity index (χ4n) is 2.07. The van der Waals surface area contributed by atoms with E-state index in [0.29, 0.717) is 22.8 Å². The number of ether oxygens (including phenoxy) is 3. The molecule has 0 saturated heterocycles. The van der Waals surface area contributed by atoms with E-state index in [2.05, 4.69) is 5.32 Å². The van der Waals surface area contributed by atoms with E-state index in [-0.39, 0.29) is 17.3 Å². The van der Waals surface area contributed by atoms with Crippen LogP contribution in [0.4, 0.5) is 0 Å². The maximum atomic E-state index is 12.3. The lowest BCUT2D eigenvalue weighted by atomic mass is 10.1. The minimum absolute atomic E-state index is 0.229. The normalized spacial score (nSPS) is 10.1. The van der Waals surface area contributed by atoms with Crippen LogP contribution < -0.4 is 19.5 Å². The number of nitrogens with one attached hydrogen (secondary N) is 1. The van der Waals surface area contributed by atoms with Gasteiger partial charge >= 0.3 is 5.97 Å². The highest BCUT2D eigenvalue weighted by atomic mass is 32.1. The van der Waals surface area contributed by atoms with Crippen LogP contribution >= 0.6 is 11.3 Å². The van der Waals surface area contributed by atoms with Crippen molar-refractivity contribution in [3.63, 3.8) is 0 Å². The molecule has 7 nitrogen and oxygen atoms in total. The van der Waals surface area contributed by atoms with Crippen LogP contribution in [0.5, 0.6) is 17.2 Å². The maximum absolute atomic E-state index is 12.3. The first-order chi connectivity index (χ1) is 11.5. The van der Waals surface area contributed by atoms with Crippen LogP contribution in [-0.2, 0) is 6.54 Å². The number of hydrogen-bond acceptors (Lipinski definition) is 6. The van der Waals surface area contributed by atoms with Crippen molar-refractivity contribution in [2.45, 2.75) is 6.54 Å². The van der Waals surface area contributed by atoms with E-state index >= 15 is 0 Å². The van der Waals surface area contributed by atoms with E-state index in [1.165, 1.54) is 27.4 Å². The zero-order valence-corrected chi connectivity index (χ0v) is 14.2. The van der Waals surface area contributed by atoms with Crippen molar-refractivity contribution in [3.05, 3.63) is 39.6 Å². The van der Waals surface area contributed by atoms with Crippen LogP contribution in [0.2, 0.25) is 0 Å². The quantitative estimate of drug-likeness (QED) is 0.795. The number of benzene rings is 1. The number of thiophene rings is 1. The van der Waals surface area contributed by atoms with Crippen molar-refractivity contribution in [1.29, 1.82) is 0 Å². The first-order valence-corrected chi connectivity index (χ1v) is 7.72. The van der Waals surface area contributed by atoms with Crippen molar-refractivity contribution in [3.8, 4) is 17.2 Å². The molecule has 0 atom stereocenters. The average Bonchev–Trinajstić information content (AvgIpc) is 3.07. The number of carboxylic acid groups (broad SMARTS) is 1. The molecule has 0 radical (unpaired) electrons. The fraction of sp³-hybridized carbons (Fsp3) is 0.250. The second-order valence-corrected chi connectivity index (χ2v) is 5.84. The lowest BCUT2D eigenvalue weighted by Crippen LogP contribution is -2.22. The predicted molar refractivity (Wildman–Crippen MR) is 88.5 cm³/mol. The summed E-state index contributed by atoms with van der Waals surface area (Å²) in [6.07, 6.45) is 0. The molecule has 0 spiro atoms. The number of rotatable bonds is 7. The second-order valence-electron chi connectivity index (χ2n) is 4.67. The smallest absolute Gasteiger partial charge is 0.345 e. The minimum Gasteiger partial charge on any atom is -0.493 e. The Morgan fingerprint density at radius 3 is 2.17 bits per heavy atom. The zero-order chi connectivity index (χ0) is 17.7. The molecule has 24 heavy (non-hydrogen) atoms. The van der Waals surface area contributed by atoms with E-state index < -0.39 is 5.97 Å². The van der Waals surface area contributed by atoms with Gasteiger partial charge < -0.3 is 24.6 Å². The van der Waals surface area contributed by atoms with Crippen molar-refractivity contribution < 1.29 is 28.9 Å². The molecular weight excluding hydrogens is 334 g/mol. The van der Waals surface area contributed by atoms with Crippen molar-refractivity contribution in [2.75, 3.05) is 21.3 Å². The van der Waals surface area contributed by atoms with Crippen molar-refractivity contribution in [2.24, 2.45) is 0 Å². The van der Waals surface area contributed by atoms with Gasteiger partial charge in [-0.15, -0.1) is 11.3 Å². The molecule has 0 aliphatic heterocycles. The molecule has 1 aromatic carbocycles. The molecule has 1 amide bonds. The Morgan fingerprint density at radius 2 is 1.71 bits per heavy atom. The Kier molecular flexibility index (Phi) is 5.64. The van der Waals surface area contributed by atoms with Gasteiger partial charge in [-0.1, -0.05) is 0 Å². The van der Waals surface area contributed by atoms with Crippen LogP contribution in [0, 0.1) is 0 Å². The SMILES string of the molecule is COc1cc(C(=O)NCc2ccc(C(=O)O)s2)cc(OC)c1OC. The highest BCUT2D eigenvalue weighted by molar-refractivity contribution is 7.13. The zero-order valence-electron chi connectivity index (χ0n) is 13.4. The van der Waals surface area contributed by atoms with Gasteiger partial charge in [0.05, 0.1) is 27.9 Å². The minimum atomic E-state index is -0.984. The highest BCUT2D eigenvalue weighted by Gasteiger charge is 2.17. The van der Waals surface area contributed by atoms with Crippen LogP contribution in [0.15, 0.2) is 24.3 Å². The standard InChI is InChI=1S/C16H17NO6S/c1-21-11-6-9(7-12(22-2)14(11)23-3)15(18)17-8-10-4-5-13(24-10)16(19)20/h4-7H,8H2,1-3H3,(H,17,18)(H,19,20). The Bertz CT molecular complexity index is 730. The summed E-state index contributed by atoms with van der Waals surface area (Å²) < 4.78 is 15.6. The molecule has 0 bridgehead atoms. The number of carboxylic acids is 1. The molecule has 0 aliphatic rings. The number of carbonyl (C=O) groups is 2. The van der Waals surface area contributed by atoms with E-state index in [9.17, 15) is 9.59 Å². The molecule has 1 heterocycles. The van der Waals surface area contributed by atoms with Gasteiger partial charge in [0.1, 0.15) is 4.88 Å². The summed E-state index contributed by atoms with van der Waals surface area (Å²) in [4.78, 5) is 24.2. The predicted octanol–water partition coefficient (Wildman–Crippen LogP) is 2.40. The summed E-state index contributed by atoms with van der Waals surface area (Å²) in [5.74, 6) is -0.153. The number of hydrogen-bond donors (Lipinski definition) is 2. The first-order valence-electron chi connectivity index (χ1n) is 6.90. The van der Waals surface area contributed by atoms with E-state index in [1.54, 1.807) is 18.2 Å². The number of aromatic carboxylic acids is 1. The lowest BCUT2D eigenvalue weighted by molar-refractivity contribution is 0.0702. The van der Waals surface area contributed by atoms with Crippen LogP contribution in [0.1, 0.15) is 24.9 Å². The molecule has 2 N–H and O–H groups in total. The largest absolute Gasteiger partial charge is 0.493 e. The second kappa shape index (κ2) is 7.69. The Hall–Kier alpha value is -2.74. The number of amides is 1. The summed E-state index contributed by atoms with van der Waals surface area (Å²) in [5.41, 5.74) is 0.347. The third kappa shape index (κ3) is 3.77. The van der Waals surface area contributed by atoms with Crippen LogP contribution in [-0.4, -0.2) is 38.3 Å². The van der Waals surface area contributed by atoms with Gasteiger partial charge in [-0.2, -0.15) is 0 Å². The van der Waals surface area contributed by atoms with Gasteiger partial charge in [0.25, 0.3) is 5.91 Å². The van der Waals surface area contributed by atoms with Crippen molar-refractivity contribution in [1.82, 2.24) is 5.32 Å². The summed E-state index contributed by atoms with van der Waals surface area (Å²) in [7, 11) is 4.42. The highest BCUT2D eigenvalue weighted by Crippen LogP contribution is 2.38. The fourth-order valence-corrected chi connectivity index (χ4v) is 2.86. The van der Waals surface area contributed by atoms with Gasteiger partial charge in [-0.3, -0.25) is 4.79 Å². The summed E-state index contributed by atoms with van der Waals surface area (Å²) in [6.45, 7) is 0.230. The molecule has 0 fully saturated rings. The van der Waals surface area contributed by atoms with E-state index in [1.807, 2.05) is 0 Å². The Balaban J connectivity index is 2.15. The first kappa shape index (κ1) is 17.6. The van der Waals surface area contributed by atoms with Gasteiger partial charge in [-0.05, 0) is 24.3 Å². The van der Waals surface area contributed by atoms with E-state index in [4.69, 9.17) is 19.3 Å². The Morgan fingerprint density at radius 1 is 1.08 bits per heavy atom. The average molecular weight is 351 g/mol. The molecule has 128 valence electrons. The van der Waals surface area contributed by atoms with Crippen LogP contribution in [0.3, 0.4) is 0 Å². The summed E-state index contributed by atoms with van der Waals surface area (Å²) in [5, 5.41) is 11.6. The molecule has 0 unspecified atom stereocenters. The molecular formula is C16H17NO6S. The molecule has 8 heteroatoms. The van der Waals surface area contributed by atoms with Gasteiger partial charge in [0, 0.05) is 10.4 Å². The summed E-state index contributed by atoms with van der Waals surface area (Å²) in [6, 6.07) is 6.28. The van der Waals surface area contributed by atoms with Crippen molar-refractivity contribution >= 4 is 23.2 Å². The monoisotopic (exact) mass is 351 g/mol. The molecule has 2 rings (SSSR count). The number of methoxy groups -OCH3 is 3. The molecule has 2 aromatic rings. The third-order valence-corrected chi connectivity index (χ3v) is 4.30. The van der Waals surface area contributed by atoms with Crippen LogP contribution in [0.25, 0.3) is 0 Å². The summed E-state index contributed by atoms with van der Waals surface area (Å²) >= 11 is 1.12. The molecule has 0 aliphatic carbocycles. The lowest BCUT2D eigenvalue weighted by Gasteiger charge is -2.14. The number of carbonyl (C=O) groups excluding carboxylic acids is 1. The van der Waals surface area contributed by atoms with Gasteiger partial charge in [0.2, 0.25) is 5.75 Å². The maximum Gasteiger partial charge on any atom is 0.345 e. The molecule has 0 saturated carbocycles. The topological polar surface area (TPSA) is 94.1 Å². The third-order valence-electron chi connectivity index (χ3n) is 3.22. The van der Waals surface area contributed by atoms with E-state index in [0.717, 1.165) is 16.2 Å². The Labute approximate surface area is 142 Å². The van der Waals surface area contributed by atoms with Gasteiger partial charge in [-0.25, -0.2) is 4.79 Å². The van der Waals surface area contributed by atoms with Gasteiger partial charge in [0.15, 0.2) is 11.5 Å².